The molecule has 0 amide bonds. The van der Waals surface area contributed by atoms with Gasteiger partial charge in [0.1, 0.15) is 0 Å². The van der Waals surface area contributed by atoms with E-state index in [1.807, 2.05) is 0 Å². The third-order valence-corrected chi connectivity index (χ3v) is 3.86. The fourth-order valence-electron chi connectivity index (χ4n) is 2.30. The van der Waals surface area contributed by atoms with E-state index in [-0.39, 0.29) is 67.9 Å². The van der Waals surface area contributed by atoms with Crippen molar-refractivity contribution in [3.63, 3.8) is 0 Å². The molecule has 8 nitrogen and oxygen atoms in total. The lowest BCUT2D eigenvalue weighted by atomic mass is 10.1. The van der Waals surface area contributed by atoms with E-state index in [4.69, 9.17) is 11.5 Å². The van der Waals surface area contributed by atoms with Crippen LogP contribution in [0.15, 0.2) is 9.98 Å². The van der Waals surface area contributed by atoms with Crippen LogP contribution in [0.4, 0.5) is 0 Å². The van der Waals surface area contributed by atoms with Crippen molar-refractivity contribution in [1.82, 2.24) is 21.3 Å². The van der Waals surface area contributed by atoms with Gasteiger partial charge in [0.15, 0.2) is 11.9 Å². The number of halogens is 4. The molecule has 0 aliphatic rings. The van der Waals surface area contributed by atoms with Crippen LogP contribution in [-0.2, 0) is 0 Å². The first kappa shape index (κ1) is 39.8. The predicted octanol–water partition coefficient (Wildman–Crippen LogP) is 2.28. The first-order valence-electron chi connectivity index (χ1n) is 9.54. The zero-order chi connectivity index (χ0) is 18.6. The lowest BCUT2D eigenvalue weighted by molar-refractivity contribution is 0.547. The summed E-state index contributed by atoms with van der Waals surface area (Å²) < 4.78 is 0. The number of nitrogens with two attached hydrogens (primary N) is 2. The van der Waals surface area contributed by atoms with Crippen molar-refractivity contribution in [2.45, 2.75) is 44.9 Å². The Morgan fingerprint density at radius 2 is 0.828 bits per heavy atom. The highest BCUT2D eigenvalue weighted by Crippen LogP contribution is 2.01. The van der Waals surface area contributed by atoms with E-state index in [1.54, 1.807) is 14.1 Å². The summed E-state index contributed by atoms with van der Waals surface area (Å²) in [6.07, 6.45) is 8.57. The Labute approximate surface area is 219 Å². The quantitative estimate of drug-likeness (QED) is 0.0846. The number of aliphatic imine (C=N–C) groups is 2. The van der Waals surface area contributed by atoms with E-state index in [0.717, 1.165) is 52.1 Å². The first-order chi connectivity index (χ1) is 12.2. The van der Waals surface area contributed by atoms with Crippen molar-refractivity contribution < 1.29 is 0 Å². The summed E-state index contributed by atoms with van der Waals surface area (Å²) in [7, 11) is 3.38. The molecule has 0 spiro atoms. The number of nitrogens with one attached hydrogen (secondary N) is 4. The van der Waals surface area contributed by atoms with Crippen LogP contribution in [0, 0.1) is 0 Å². The van der Waals surface area contributed by atoms with Gasteiger partial charge in [0, 0.05) is 27.2 Å². The second kappa shape index (κ2) is 33.0. The van der Waals surface area contributed by atoms with E-state index < -0.39 is 0 Å². The molecular formula is C17H44Br4N8. The van der Waals surface area contributed by atoms with Crippen LogP contribution >= 0.6 is 67.9 Å². The molecule has 180 valence electrons. The van der Waals surface area contributed by atoms with E-state index in [0.29, 0.717) is 11.9 Å². The van der Waals surface area contributed by atoms with Crippen molar-refractivity contribution in [1.29, 1.82) is 0 Å². The SMILES string of the molecule is Br.Br.Br.Br.CN=C(N)NCCCNCCCCCCCNCCCNC(N)=NC. The van der Waals surface area contributed by atoms with Gasteiger partial charge in [-0.1, -0.05) is 19.3 Å². The van der Waals surface area contributed by atoms with Gasteiger partial charge >= 0.3 is 0 Å². The van der Waals surface area contributed by atoms with E-state index >= 15 is 0 Å². The molecule has 0 saturated carbocycles. The lowest BCUT2D eigenvalue weighted by Crippen LogP contribution is -2.33. The molecular weight excluding hydrogens is 636 g/mol. The lowest BCUT2D eigenvalue weighted by Gasteiger charge is -2.07. The summed E-state index contributed by atoms with van der Waals surface area (Å²) in [6, 6.07) is 0. The molecule has 0 aromatic rings. The monoisotopic (exact) mass is 676 g/mol. The first-order valence-corrected chi connectivity index (χ1v) is 9.54. The molecule has 0 unspecified atom stereocenters. The molecule has 0 aliphatic heterocycles. The van der Waals surface area contributed by atoms with Gasteiger partial charge in [0.25, 0.3) is 0 Å². The van der Waals surface area contributed by atoms with E-state index in [1.165, 1.54) is 32.1 Å². The van der Waals surface area contributed by atoms with Gasteiger partial charge in [0.05, 0.1) is 0 Å². The molecule has 0 bridgehead atoms. The van der Waals surface area contributed by atoms with Gasteiger partial charge in [-0.05, 0) is 51.9 Å². The van der Waals surface area contributed by atoms with E-state index in [9.17, 15) is 0 Å². The molecule has 0 rings (SSSR count). The van der Waals surface area contributed by atoms with Crippen LogP contribution in [0.3, 0.4) is 0 Å². The van der Waals surface area contributed by atoms with Gasteiger partial charge in [-0.2, -0.15) is 0 Å². The zero-order valence-corrected chi connectivity index (χ0v) is 24.7. The highest BCUT2D eigenvalue weighted by Gasteiger charge is 1.94. The normalized spacial score (nSPS) is 10.7. The molecule has 0 saturated heterocycles. The molecule has 0 aromatic carbocycles. The smallest absolute Gasteiger partial charge is 0.188 e. The molecule has 8 N–H and O–H groups in total. The van der Waals surface area contributed by atoms with Crippen molar-refractivity contribution in [2.24, 2.45) is 21.5 Å². The Hall–Kier alpha value is 0.380. The third kappa shape index (κ3) is 33.2. The van der Waals surface area contributed by atoms with Crippen molar-refractivity contribution >= 4 is 79.8 Å². The van der Waals surface area contributed by atoms with Gasteiger partial charge in [0.2, 0.25) is 0 Å². The molecule has 0 fully saturated rings. The van der Waals surface area contributed by atoms with Gasteiger partial charge in [-0.3, -0.25) is 9.98 Å². The van der Waals surface area contributed by atoms with Gasteiger partial charge < -0.3 is 32.7 Å². The number of unbranched alkanes of at least 4 members (excludes halogenated alkanes) is 4. The molecule has 12 heteroatoms. The Balaban J connectivity index is -0.000000480. The second-order valence-corrected chi connectivity index (χ2v) is 6.05. The minimum atomic E-state index is 0. The van der Waals surface area contributed by atoms with Gasteiger partial charge in [-0.15, -0.1) is 67.9 Å². The minimum absolute atomic E-state index is 0. The maximum atomic E-state index is 5.55. The topological polar surface area (TPSA) is 125 Å². The van der Waals surface area contributed by atoms with Crippen molar-refractivity contribution in [3.8, 4) is 0 Å². The minimum Gasteiger partial charge on any atom is -0.370 e. The maximum Gasteiger partial charge on any atom is 0.188 e. The summed E-state index contributed by atoms with van der Waals surface area (Å²) >= 11 is 0. The van der Waals surface area contributed by atoms with Gasteiger partial charge in [-0.25, -0.2) is 0 Å². The van der Waals surface area contributed by atoms with Crippen LogP contribution in [0.2, 0.25) is 0 Å². The fraction of sp³-hybridized carbons (Fsp3) is 0.882. The summed E-state index contributed by atoms with van der Waals surface area (Å²) in [4.78, 5) is 7.70. The average molecular weight is 680 g/mol. The molecule has 0 radical (unpaired) electrons. The van der Waals surface area contributed by atoms with Crippen molar-refractivity contribution in [2.75, 3.05) is 53.4 Å². The summed E-state index contributed by atoms with van der Waals surface area (Å²) in [5.41, 5.74) is 11.1. The number of nitrogens with zero attached hydrogens (tertiary/aromatic N) is 2. The predicted molar refractivity (Wildman–Crippen MR) is 150 cm³/mol. The zero-order valence-electron chi connectivity index (χ0n) is 17.9. The summed E-state index contributed by atoms with van der Waals surface area (Å²) in [5.74, 6) is 1.03. The van der Waals surface area contributed by atoms with Crippen molar-refractivity contribution in [3.05, 3.63) is 0 Å². The summed E-state index contributed by atoms with van der Waals surface area (Å²) in [6.45, 7) is 6.01. The molecule has 0 atom stereocenters. The van der Waals surface area contributed by atoms with Crippen LogP contribution in [0.5, 0.6) is 0 Å². The Morgan fingerprint density at radius 1 is 0.517 bits per heavy atom. The number of rotatable bonds is 16. The van der Waals surface area contributed by atoms with E-state index in [2.05, 4.69) is 31.3 Å². The molecule has 29 heavy (non-hydrogen) atoms. The Bertz CT molecular complexity index is 328. The largest absolute Gasteiger partial charge is 0.370 e. The van der Waals surface area contributed by atoms with Crippen LogP contribution < -0.4 is 32.7 Å². The molecule has 0 heterocycles. The highest BCUT2D eigenvalue weighted by atomic mass is 79.9. The maximum absolute atomic E-state index is 5.55. The second-order valence-electron chi connectivity index (χ2n) is 6.05. The Morgan fingerprint density at radius 3 is 1.17 bits per heavy atom. The van der Waals surface area contributed by atoms with Crippen LogP contribution in [-0.4, -0.2) is 65.3 Å². The molecule has 0 aromatic heterocycles. The third-order valence-electron chi connectivity index (χ3n) is 3.86. The number of guanidine groups is 2. The summed E-state index contributed by atoms with van der Waals surface area (Å²) in [5, 5.41) is 13.0. The molecule has 0 aliphatic carbocycles. The van der Waals surface area contributed by atoms with Crippen LogP contribution in [0.25, 0.3) is 0 Å². The number of hydrogen-bond acceptors (Lipinski definition) is 4. The number of hydrogen-bond donors (Lipinski definition) is 6. The standard InChI is InChI=1S/C17H40N8.4BrH/c1-20-16(18)24-14-8-12-22-10-6-4-3-5-7-11-23-13-9-15-25-17(19)21-2;;;;/h22-23H,3-15H2,1-2H3,(H3,18,20,24)(H3,19,21,25);4*1H. The highest BCUT2D eigenvalue weighted by molar-refractivity contribution is 8.93. The fourth-order valence-corrected chi connectivity index (χ4v) is 2.30. The Kier molecular flexibility index (Phi) is 45.3. The van der Waals surface area contributed by atoms with Crippen LogP contribution in [0.1, 0.15) is 44.9 Å². The average Bonchev–Trinajstić information content (AvgIpc) is 2.63.